The molecule has 1 unspecified atom stereocenters. The van der Waals surface area contributed by atoms with Gasteiger partial charge in [0.05, 0.1) is 13.7 Å². The molecule has 3 aromatic carbocycles. The number of benzene rings is 3. The topological polar surface area (TPSA) is 94.5 Å². The van der Waals surface area contributed by atoms with E-state index in [9.17, 15) is 14.7 Å². The highest BCUT2D eigenvalue weighted by Crippen LogP contribution is 2.26. The molecule has 9 heteroatoms. The van der Waals surface area contributed by atoms with E-state index in [0.717, 1.165) is 23.5 Å². The molecule has 0 aromatic heterocycles. The monoisotopic (exact) mass is 567 g/mol. The molecule has 0 bridgehead atoms. The molecule has 214 valence electrons. The van der Waals surface area contributed by atoms with Gasteiger partial charge in [-0.2, -0.15) is 11.8 Å². The van der Waals surface area contributed by atoms with Crippen molar-refractivity contribution in [1.29, 1.82) is 0 Å². The van der Waals surface area contributed by atoms with E-state index < -0.39 is 18.2 Å². The average Bonchev–Trinajstić information content (AvgIpc) is 2.97. The second-order valence-electron chi connectivity index (χ2n) is 8.88. The van der Waals surface area contributed by atoms with Gasteiger partial charge in [0.2, 0.25) is 0 Å². The maximum Gasteiger partial charge on any atom is 0.415 e. The Morgan fingerprint density at radius 2 is 1.60 bits per heavy atom. The van der Waals surface area contributed by atoms with Crippen molar-refractivity contribution in [2.24, 2.45) is 0 Å². The normalized spacial score (nSPS) is 11.4. The van der Waals surface area contributed by atoms with Crippen molar-refractivity contribution in [2.75, 3.05) is 39.2 Å². The molecule has 1 atom stereocenters. The van der Waals surface area contributed by atoms with Gasteiger partial charge in [0.1, 0.15) is 12.4 Å². The molecule has 0 heterocycles. The molecular weight excluding hydrogens is 530 g/mol. The summed E-state index contributed by atoms with van der Waals surface area (Å²) < 4.78 is 22.2. The lowest BCUT2D eigenvalue weighted by Gasteiger charge is -2.22. The van der Waals surface area contributed by atoms with Gasteiger partial charge in [-0.1, -0.05) is 54.6 Å². The Kier molecular flexibility index (Phi) is 13.2. The predicted octanol–water partition coefficient (Wildman–Crippen LogP) is 5.93. The first-order valence-corrected chi connectivity index (χ1v) is 14.4. The number of nitrogens with zero attached hydrogens (tertiary/aromatic N) is 1. The zero-order valence-electron chi connectivity index (χ0n) is 23.0. The minimum atomic E-state index is -0.985. The number of aliphatic carboxylic acids is 1. The van der Waals surface area contributed by atoms with Crippen LogP contribution in [0.3, 0.4) is 0 Å². The number of para-hydroxylation sites is 2. The predicted molar refractivity (Wildman–Crippen MR) is 157 cm³/mol. The number of hydrogen-bond acceptors (Lipinski definition) is 7. The lowest BCUT2D eigenvalue weighted by atomic mass is 10.1. The molecule has 3 rings (SSSR count). The first kappa shape index (κ1) is 30.8. The molecule has 1 amide bonds. The summed E-state index contributed by atoms with van der Waals surface area (Å²) in [5.74, 6) is 2.31. The number of hydrogen-bond donors (Lipinski definition) is 1. The molecule has 0 radical (unpaired) electrons. The molecule has 0 aliphatic heterocycles. The Hall–Kier alpha value is -3.69. The first-order valence-electron chi connectivity index (χ1n) is 13.3. The molecule has 3 aromatic rings. The fraction of sp³-hybridized carbons (Fsp3) is 0.355. The highest BCUT2D eigenvalue weighted by atomic mass is 32.2. The molecule has 8 nitrogen and oxygen atoms in total. The van der Waals surface area contributed by atoms with E-state index in [1.807, 2.05) is 48.2 Å². The second-order valence-corrected chi connectivity index (χ2v) is 9.98. The summed E-state index contributed by atoms with van der Waals surface area (Å²) in [6.45, 7) is 3.23. The Labute approximate surface area is 240 Å². The molecule has 40 heavy (non-hydrogen) atoms. The van der Waals surface area contributed by atoms with Gasteiger partial charge in [0.15, 0.2) is 17.6 Å². The second kappa shape index (κ2) is 17.1. The summed E-state index contributed by atoms with van der Waals surface area (Å²) in [6.07, 6.45) is -0.274. The SMILES string of the molecule is CCOC(Cc1ccc(OCCN(CCCSCc2ccccc2)C(=O)Oc2ccccc2OC)cc1)C(=O)O. The highest BCUT2D eigenvalue weighted by molar-refractivity contribution is 7.98. The molecule has 1 N–H and O–H groups in total. The standard InChI is InChI=1S/C31H37NO7S/c1-3-37-29(30(33)34)22-24-14-16-26(17-15-24)38-20-19-32(18-9-21-40-23-25-10-5-4-6-11-25)31(35)39-28-13-8-7-12-27(28)36-2/h4-8,10-17,29H,3,9,18-23H2,1-2H3,(H,33,34). The molecule has 0 spiro atoms. The number of carbonyl (C=O) groups is 2. The number of carbonyl (C=O) groups excluding carboxylic acids is 1. The highest BCUT2D eigenvalue weighted by Gasteiger charge is 2.19. The summed E-state index contributed by atoms with van der Waals surface area (Å²) in [5.41, 5.74) is 2.11. The minimum Gasteiger partial charge on any atom is -0.493 e. The van der Waals surface area contributed by atoms with Crippen LogP contribution in [0.25, 0.3) is 0 Å². The van der Waals surface area contributed by atoms with Crippen LogP contribution in [0.15, 0.2) is 78.9 Å². The van der Waals surface area contributed by atoms with Crippen LogP contribution in [0.5, 0.6) is 17.2 Å². The van der Waals surface area contributed by atoms with Gasteiger partial charge in [0, 0.05) is 25.3 Å². The molecule has 0 aliphatic carbocycles. The summed E-state index contributed by atoms with van der Waals surface area (Å²) in [6, 6.07) is 24.6. The van der Waals surface area contributed by atoms with Gasteiger partial charge >= 0.3 is 12.1 Å². The van der Waals surface area contributed by atoms with Crippen LogP contribution >= 0.6 is 11.8 Å². The van der Waals surface area contributed by atoms with Crippen molar-refractivity contribution < 1.29 is 33.6 Å². The van der Waals surface area contributed by atoms with Gasteiger partial charge < -0.3 is 29.0 Å². The summed E-state index contributed by atoms with van der Waals surface area (Å²) in [4.78, 5) is 26.1. The third-order valence-electron chi connectivity index (χ3n) is 5.97. The first-order chi connectivity index (χ1) is 19.5. The van der Waals surface area contributed by atoms with E-state index in [2.05, 4.69) is 12.1 Å². The van der Waals surface area contributed by atoms with Gasteiger partial charge in [-0.05, 0) is 54.5 Å². The maximum absolute atomic E-state index is 13.1. The lowest BCUT2D eigenvalue weighted by Crippen LogP contribution is -2.37. The zero-order valence-corrected chi connectivity index (χ0v) is 23.8. The Morgan fingerprint density at radius 3 is 2.27 bits per heavy atom. The maximum atomic E-state index is 13.1. The lowest BCUT2D eigenvalue weighted by molar-refractivity contribution is -0.149. The van der Waals surface area contributed by atoms with Crippen molar-refractivity contribution >= 4 is 23.8 Å². The number of thioether (sulfide) groups is 1. The fourth-order valence-electron chi connectivity index (χ4n) is 3.91. The van der Waals surface area contributed by atoms with Gasteiger partial charge in [0.25, 0.3) is 0 Å². The van der Waals surface area contributed by atoms with Crippen molar-refractivity contribution in [3.8, 4) is 17.2 Å². The van der Waals surface area contributed by atoms with Crippen LogP contribution in [0.4, 0.5) is 4.79 Å². The van der Waals surface area contributed by atoms with E-state index in [-0.39, 0.29) is 13.0 Å². The molecule has 0 aliphatic rings. The molecule has 0 saturated heterocycles. The number of carboxylic acid groups (broad SMARTS) is 1. The Morgan fingerprint density at radius 1 is 0.900 bits per heavy atom. The number of rotatable bonds is 17. The zero-order chi connectivity index (χ0) is 28.6. The summed E-state index contributed by atoms with van der Waals surface area (Å²) in [5, 5.41) is 9.30. The molecule has 0 fully saturated rings. The fourth-order valence-corrected chi connectivity index (χ4v) is 4.81. The van der Waals surface area contributed by atoms with Crippen LogP contribution in [0.2, 0.25) is 0 Å². The third-order valence-corrected chi connectivity index (χ3v) is 7.09. The van der Waals surface area contributed by atoms with E-state index in [1.54, 1.807) is 42.2 Å². The van der Waals surface area contributed by atoms with Gasteiger partial charge in [-0.3, -0.25) is 0 Å². The smallest absolute Gasteiger partial charge is 0.415 e. The third kappa shape index (κ3) is 10.5. The summed E-state index contributed by atoms with van der Waals surface area (Å²) >= 11 is 1.83. The number of methoxy groups -OCH3 is 1. The molecular formula is C31H37NO7S. The van der Waals surface area contributed by atoms with Crippen molar-refractivity contribution in [2.45, 2.75) is 31.6 Å². The van der Waals surface area contributed by atoms with E-state index in [1.165, 1.54) is 12.7 Å². The van der Waals surface area contributed by atoms with E-state index >= 15 is 0 Å². The van der Waals surface area contributed by atoms with Crippen LogP contribution in [0, 0.1) is 0 Å². The van der Waals surface area contributed by atoms with Crippen LogP contribution in [0.1, 0.15) is 24.5 Å². The van der Waals surface area contributed by atoms with Crippen LogP contribution in [-0.4, -0.2) is 67.3 Å². The Balaban J connectivity index is 1.54. The minimum absolute atomic E-state index is 0.272. The van der Waals surface area contributed by atoms with Crippen molar-refractivity contribution in [3.63, 3.8) is 0 Å². The number of ether oxygens (including phenoxy) is 4. The number of carboxylic acids is 1. The number of amides is 1. The Bertz CT molecular complexity index is 1170. The average molecular weight is 568 g/mol. The van der Waals surface area contributed by atoms with E-state index in [4.69, 9.17) is 18.9 Å². The largest absolute Gasteiger partial charge is 0.493 e. The van der Waals surface area contributed by atoms with Crippen molar-refractivity contribution in [3.05, 3.63) is 90.0 Å². The quantitative estimate of drug-likeness (QED) is 0.201. The van der Waals surface area contributed by atoms with E-state index in [0.29, 0.717) is 36.9 Å². The van der Waals surface area contributed by atoms with Crippen molar-refractivity contribution in [1.82, 2.24) is 4.90 Å². The summed E-state index contributed by atoms with van der Waals surface area (Å²) in [7, 11) is 1.53. The van der Waals surface area contributed by atoms with Crippen LogP contribution < -0.4 is 14.2 Å². The van der Waals surface area contributed by atoms with Gasteiger partial charge in [-0.15, -0.1) is 0 Å². The van der Waals surface area contributed by atoms with Crippen LogP contribution in [-0.2, 0) is 21.7 Å². The van der Waals surface area contributed by atoms with Gasteiger partial charge in [-0.25, -0.2) is 9.59 Å². The molecule has 0 saturated carbocycles.